The molecule has 0 bridgehead atoms. The van der Waals surface area contributed by atoms with Gasteiger partial charge in [0.05, 0.1) is 13.0 Å². The van der Waals surface area contributed by atoms with Crippen molar-refractivity contribution in [3.8, 4) is 0 Å². The molecule has 0 saturated carbocycles. The summed E-state index contributed by atoms with van der Waals surface area (Å²) in [5.74, 6) is -0.179. The molecule has 0 radical (unpaired) electrons. The van der Waals surface area contributed by atoms with Gasteiger partial charge in [-0.1, -0.05) is 13.8 Å². The Kier molecular flexibility index (Phi) is 6.75. The van der Waals surface area contributed by atoms with E-state index in [0.717, 1.165) is 0 Å². The monoisotopic (exact) mass is 215 g/mol. The Hall–Kier alpha value is -1.06. The Bertz CT molecular complexity index is 214. The third-order valence-electron chi connectivity index (χ3n) is 2.08. The van der Waals surface area contributed by atoms with Crippen LogP contribution in [0.3, 0.4) is 0 Å². The quantitative estimate of drug-likeness (QED) is 0.630. The lowest BCUT2D eigenvalue weighted by Gasteiger charge is -2.22. The van der Waals surface area contributed by atoms with Gasteiger partial charge in [-0.25, -0.2) is 0 Å². The Morgan fingerprint density at radius 3 is 2.27 bits per heavy atom. The molecule has 15 heavy (non-hydrogen) atoms. The fourth-order valence-corrected chi connectivity index (χ4v) is 1.25. The molecule has 0 aromatic carbocycles. The minimum Gasteiger partial charge on any atom is -0.466 e. The molecular weight excluding hydrogens is 194 g/mol. The van der Waals surface area contributed by atoms with Crippen molar-refractivity contribution in [3.05, 3.63) is 0 Å². The van der Waals surface area contributed by atoms with Crippen molar-refractivity contribution in [2.45, 2.75) is 34.1 Å². The van der Waals surface area contributed by atoms with Crippen LogP contribution in [-0.4, -0.2) is 36.5 Å². The highest BCUT2D eigenvalue weighted by Crippen LogP contribution is 2.02. The number of nitrogens with zero attached hydrogens (tertiary/aromatic N) is 1. The molecule has 0 atom stereocenters. The second-order valence-electron chi connectivity index (χ2n) is 3.63. The van der Waals surface area contributed by atoms with Crippen LogP contribution < -0.4 is 0 Å². The standard InChI is InChI=1S/C11H21NO3/c1-5-12(11(14)9(3)4)8-7-10(13)15-6-2/h9H,5-8H2,1-4H3. The molecule has 1 amide bonds. The number of rotatable bonds is 6. The van der Waals surface area contributed by atoms with Crippen LogP contribution >= 0.6 is 0 Å². The lowest BCUT2D eigenvalue weighted by molar-refractivity contribution is -0.144. The molecule has 0 aromatic heterocycles. The summed E-state index contributed by atoms with van der Waals surface area (Å²) in [7, 11) is 0. The first-order valence-electron chi connectivity index (χ1n) is 5.47. The number of carbonyl (C=O) groups excluding carboxylic acids is 2. The maximum Gasteiger partial charge on any atom is 0.307 e. The molecule has 0 N–H and O–H groups in total. The predicted octanol–water partition coefficient (Wildman–Crippen LogP) is 1.44. The summed E-state index contributed by atoms with van der Waals surface area (Å²) in [5.41, 5.74) is 0. The third kappa shape index (κ3) is 5.40. The van der Waals surface area contributed by atoms with Crippen LogP contribution in [0, 0.1) is 5.92 Å². The van der Waals surface area contributed by atoms with Gasteiger partial charge in [0, 0.05) is 19.0 Å². The number of carbonyl (C=O) groups is 2. The molecule has 0 heterocycles. The number of esters is 1. The Morgan fingerprint density at radius 2 is 1.87 bits per heavy atom. The molecule has 0 unspecified atom stereocenters. The molecule has 0 spiro atoms. The smallest absolute Gasteiger partial charge is 0.307 e. The molecule has 0 aliphatic carbocycles. The second-order valence-corrected chi connectivity index (χ2v) is 3.63. The van der Waals surface area contributed by atoms with Crippen molar-refractivity contribution in [2.24, 2.45) is 5.92 Å². The average molecular weight is 215 g/mol. The summed E-state index contributed by atoms with van der Waals surface area (Å²) in [5, 5.41) is 0. The first kappa shape index (κ1) is 13.9. The van der Waals surface area contributed by atoms with Gasteiger partial charge in [0.25, 0.3) is 0 Å². The summed E-state index contributed by atoms with van der Waals surface area (Å²) in [6.07, 6.45) is 0.278. The van der Waals surface area contributed by atoms with E-state index in [9.17, 15) is 9.59 Å². The van der Waals surface area contributed by atoms with Gasteiger partial charge < -0.3 is 9.64 Å². The Morgan fingerprint density at radius 1 is 1.27 bits per heavy atom. The molecule has 0 aliphatic heterocycles. The van der Waals surface area contributed by atoms with E-state index < -0.39 is 0 Å². The molecule has 0 aliphatic rings. The topological polar surface area (TPSA) is 46.6 Å². The summed E-state index contributed by atoms with van der Waals surface area (Å²) in [6.45, 7) is 8.87. The fraction of sp³-hybridized carbons (Fsp3) is 0.818. The molecule has 4 nitrogen and oxygen atoms in total. The minimum absolute atomic E-state index is 0.0212. The molecule has 0 aromatic rings. The van der Waals surface area contributed by atoms with E-state index in [1.165, 1.54) is 0 Å². The van der Waals surface area contributed by atoms with E-state index in [1.54, 1.807) is 11.8 Å². The van der Waals surface area contributed by atoms with Gasteiger partial charge in [0.2, 0.25) is 5.91 Å². The highest BCUT2D eigenvalue weighted by Gasteiger charge is 2.16. The normalized spacial score (nSPS) is 10.2. The van der Waals surface area contributed by atoms with Crippen molar-refractivity contribution in [1.29, 1.82) is 0 Å². The van der Waals surface area contributed by atoms with E-state index in [0.29, 0.717) is 19.7 Å². The number of hydrogen-bond donors (Lipinski definition) is 0. The molecule has 0 saturated heterocycles. The van der Waals surface area contributed by atoms with Crippen LogP contribution in [-0.2, 0) is 14.3 Å². The van der Waals surface area contributed by atoms with Crippen molar-refractivity contribution in [3.63, 3.8) is 0 Å². The van der Waals surface area contributed by atoms with Gasteiger partial charge in [0.1, 0.15) is 0 Å². The number of amides is 1. The zero-order valence-electron chi connectivity index (χ0n) is 10.1. The predicted molar refractivity (Wildman–Crippen MR) is 58.3 cm³/mol. The summed E-state index contributed by atoms with van der Waals surface area (Å²) >= 11 is 0. The summed E-state index contributed by atoms with van der Waals surface area (Å²) in [6, 6.07) is 0. The van der Waals surface area contributed by atoms with Crippen LogP contribution in [0.15, 0.2) is 0 Å². The van der Waals surface area contributed by atoms with Crippen molar-refractivity contribution in [1.82, 2.24) is 4.90 Å². The van der Waals surface area contributed by atoms with E-state index >= 15 is 0 Å². The molecule has 0 fully saturated rings. The molecule has 0 rings (SSSR count). The largest absolute Gasteiger partial charge is 0.466 e. The van der Waals surface area contributed by atoms with Crippen molar-refractivity contribution < 1.29 is 14.3 Å². The van der Waals surface area contributed by atoms with Gasteiger partial charge in [0.15, 0.2) is 0 Å². The average Bonchev–Trinajstić information content (AvgIpc) is 2.18. The van der Waals surface area contributed by atoms with Crippen molar-refractivity contribution >= 4 is 11.9 Å². The first-order chi connectivity index (χ1) is 7.02. The highest BCUT2D eigenvalue weighted by molar-refractivity contribution is 5.78. The van der Waals surface area contributed by atoms with Gasteiger partial charge in [-0.2, -0.15) is 0 Å². The fourth-order valence-electron chi connectivity index (χ4n) is 1.25. The van der Waals surface area contributed by atoms with Crippen molar-refractivity contribution in [2.75, 3.05) is 19.7 Å². The SMILES string of the molecule is CCOC(=O)CCN(CC)C(=O)C(C)C. The molecule has 88 valence electrons. The van der Waals surface area contributed by atoms with Crippen LogP contribution in [0.2, 0.25) is 0 Å². The van der Waals surface area contributed by atoms with E-state index in [2.05, 4.69) is 0 Å². The van der Waals surface area contributed by atoms with E-state index in [-0.39, 0.29) is 24.2 Å². The third-order valence-corrected chi connectivity index (χ3v) is 2.08. The van der Waals surface area contributed by atoms with Crippen LogP contribution in [0.5, 0.6) is 0 Å². The van der Waals surface area contributed by atoms with Crippen LogP contribution in [0.1, 0.15) is 34.1 Å². The van der Waals surface area contributed by atoms with Crippen LogP contribution in [0.25, 0.3) is 0 Å². The van der Waals surface area contributed by atoms with Gasteiger partial charge in [-0.15, -0.1) is 0 Å². The first-order valence-corrected chi connectivity index (χ1v) is 5.47. The van der Waals surface area contributed by atoms with E-state index in [4.69, 9.17) is 4.74 Å². The number of hydrogen-bond acceptors (Lipinski definition) is 3. The summed E-state index contributed by atoms with van der Waals surface area (Å²) in [4.78, 5) is 24.4. The zero-order valence-corrected chi connectivity index (χ0v) is 10.1. The zero-order chi connectivity index (χ0) is 11.8. The van der Waals surface area contributed by atoms with Crippen LogP contribution in [0.4, 0.5) is 0 Å². The summed E-state index contributed by atoms with van der Waals surface area (Å²) < 4.78 is 4.80. The maximum absolute atomic E-state index is 11.6. The lowest BCUT2D eigenvalue weighted by Crippen LogP contribution is -2.35. The van der Waals surface area contributed by atoms with E-state index in [1.807, 2.05) is 20.8 Å². The molecule has 4 heteroatoms. The van der Waals surface area contributed by atoms with Gasteiger partial charge >= 0.3 is 5.97 Å². The maximum atomic E-state index is 11.6. The minimum atomic E-state index is -0.243. The molecular formula is C11H21NO3. The Balaban J connectivity index is 4.00. The van der Waals surface area contributed by atoms with Gasteiger partial charge in [-0.05, 0) is 13.8 Å². The Labute approximate surface area is 91.6 Å². The van der Waals surface area contributed by atoms with Gasteiger partial charge in [-0.3, -0.25) is 9.59 Å². The second kappa shape index (κ2) is 7.26. The lowest BCUT2D eigenvalue weighted by atomic mass is 10.2. The number of ether oxygens (including phenoxy) is 1. The highest BCUT2D eigenvalue weighted by atomic mass is 16.5.